The lowest BCUT2D eigenvalue weighted by atomic mass is 9.97. The first-order valence-electron chi connectivity index (χ1n) is 10.6. The third-order valence-corrected chi connectivity index (χ3v) is 6.02. The number of benzene rings is 2. The van der Waals surface area contributed by atoms with Crippen LogP contribution in [0.4, 0.5) is 0 Å². The number of hydrogen-bond donors (Lipinski definition) is 2. The number of nitrogens with one attached hydrogen (secondary N) is 1. The van der Waals surface area contributed by atoms with Gasteiger partial charge >= 0.3 is 5.69 Å². The van der Waals surface area contributed by atoms with Crippen LogP contribution in [-0.2, 0) is 13.2 Å². The molecule has 4 aromatic rings. The zero-order valence-electron chi connectivity index (χ0n) is 17.2. The lowest BCUT2D eigenvalue weighted by molar-refractivity contribution is 0.196. The molecule has 5 rings (SSSR count). The van der Waals surface area contributed by atoms with Gasteiger partial charge in [0.15, 0.2) is 0 Å². The van der Waals surface area contributed by atoms with Crippen LogP contribution >= 0.6 is 0 Å². The van der Waals surface area contributed by atoms with Crippen molar-refractivity contribution in [1.82, 2.24) is 24.6 Å². The highest BCUT2D eigenvalue weighted by atomic mass is 16.3. The van der Waals surface area contributed by atoms with Gasteiger partial charge in [-0.05, 0) is 42.6 Å². The second-order valence-corrected chi connectivity index (χ2v) is 8.15. The van der Waals surface area contributed by atoms with Gasteiger partial charge in [0.25, 0.3) is 0 Å². The summed E-state index contributed by atoms with van der Waals surface area (Å²) in [5, 5.41) is 15.8. The minimum Gasteiger partial charge on any atom is -0.392 e. The van der Waals surface area contributed by atoms with Gasteiger partial charge in [-0.2, -0.15) is 4.68 Å². The van der Waals surface area contributed by atoms with Gasteiger partial charge in [0.1, 0.15) is 5.82 Å². The number of aliphatic hydroxyl groups is 1. The molecule has 158 valence electrons. The van der Waals surface area contributed by atoms with Gasteiger partial charge in [-0.1, -0.05) is 36.4 Å². The number of aromatic nitrogens is 4. The largest absolute Gasteiger partial charge is 0.392 e. The lowest BCUT2D eigenvalue weighted by Gasteiger charge is -2.31. The maximum absolute atomic E-state index is 12.8. The normalized spacial score (nSPS) is 17.3. The van der Waals surface area contributed by atoms with Crippen LogP contribution in [-0.4, -0.2) is 42.8 Å². The molecule has 2 aromatic carbocycles. The number of nitrogens with zero attached hydrogens (tertiary/aromatic N) is 4. The molecular formula is C24H25N5O2. The van der Waals surface area contributed by atoms with Gasteiger partial charge in [0.05, 0.1) is 12.3 Å². The summed E-state index contributed by atoms with van der Waals surface area (Å²) in [4.78, 5) is 22.3. The Balaban J connectivity index is 1.37. The number of H-pyrrole nitrogens is 1. The van der Waals surface area contributed by atoms with Gasteiger partial charge in [-0.25, -0.2) is 4.79 Å². The Morgan fingerprint density at radius 2 is 1.94 bits per heavy atom. The molecule has 2 N–H and O–H groups in total. The third kappa shape index (κ3) is 4.02. The van der Waals surface area contributed by atoms with E-state index in [1.54, 1.807) is 12.4 Å². The third-order valence-electron chi connectivity index (χ3n) is 6.02. The second kappa shape index (κ2) is 8.45. The number of pyridine rings is 1. The van der Waals surface area contributed by atoms with E-state index in [-0.39, 0.29) is 18.2 Å². The number of aromatic amines is 1. The average Bonchev–Trinajstić information content (AvgIpc) is 3.21. The first kappa shape index (κ1) is 19.7. The molecule has 31 heavy (non-hydrogen) atoms. The average molecular weight is 415 g/mol. The molecule has 1 unspecified atom stereocenters. The fourth-order valence-electron chi connectivity index (χ4n) is 4.41. The minimum absolute atomic E-state index is 0.0648. The van der Waals surface area contributed by atoms with Gasteiger partial charge in [0, 0.05) is 42.2 Å². The van der Waals surface area contributed by atoms with E-state index < -0.39 is 0 Å². The van der Waals surface area contributed by atoms with Gasteiger partial charge in [0.2, 0.25) is 0 Å². The Morgan fingerprint density at radius 3 is 2.77 bits per heavy atom. The van der Waals surface area contributed by atoms with E-state index in [4.69, 9.17) is 5.10 Å². The summed E-state index contributed by atoms with van der Waals surface area (Å²) in [6.45, 7) is 2.80. The highest BCUT2D eigenvalue weighted by Gasteiger charge is 2.25. The van der Waals surface area contributed by atoms with E-state index in [0.717, 1.165) is 60.3 Å². The van der Waals surface area contributed by atoms with E-state index in [2.05, 4.69) is 27.0 Å². The molecule has 7 heteroatoms. The van der Waals surface area contributed by atoms with Crippen LogP contribution in [0.15, 0.2) is 65.7 Å². The van der Waals surface area contributed by atoms with Crippen LogP contribution in [0.1, 0.15) is 35.7 Å². The Morgan fingerprint density at radius 1 is 1.10 bits per heavy atom. The van der Waals surface area contributed by atoms with Crippen molar-refractivity contribution >= 4 is 10.8 Å². The topological polar surface area (TPSA) is 87.0 Å². The maximum Gasteiger partial charge on any atom is 0.348 e. The van der Waals surface area contributed by atoms with Crippen LogP contribution in [0.2, 0.25) is 0 Å². The SMILES string of the molecule is O=c1[nH]c(C2CCCN(Cc3ccc(CO)cc3)C2)nn1-c1cccc2cnccc12. The van der Waals surface area contributed by atoms with Crippen molar-refractivity contribution < 1.29 is 5.11 Å². The zero-order chi connectivity index (χ0) is 21.2. The minimum atomic E-state index is -0.212. The van der Waals surface area contributed by atoms with E-state index >= 15 is 0 Å². The van der Waals surface area contributed by atoms with Crippen LogP contribution in [0.3, 0.4) is 0 Å². The Hall–Kier alpha value is -3.29. The molecule has 0 aliphatic carbocycles. The summed E-state index contributed by atoms with van der Waals surface area (Å²) in [5.74, 6) is 0.937. The van der Waals surface area contributed by atoms with E-state index in [0.29, 0.717) is 0 Å². The fourth-order valence-corrected chi connectivity index (χ4v) is 4.41. The monoisotopic (exact) mass is 415 g/mol. The molecule has 1 aliphatic heterocycles. The highest BCUT2D eigenvalue weighted by Crippen LogP contribution is 2.26. The Kier molecular flexibility index (Phi) is 5.36. The van der Waals surface area contributed by atoms with E-state index in [1.807, 2.05) is 36.4 Å². The number of fused-ring (bicyclic) bond motifs is 1. The number of piperidine rings is 1. The summed E-state index contributed by atoms with van der Waals surface area (Å²) in [5.41, 5.74) is 2.70. The van der Waals surface area contributed by atoms with Crippen LogP contribution in [0.25, 0.3) is 16.5 Å². The quantitative estimate of drug-likeness (QED) is 0.523. The van der Waals surface area contributed by atoms with Crippen LogP contribution in [0.5, 0.6) is 0 Å². The summed E-state index contributed by atoms with van der Waals surface area (Å²) in [6.07, 6.45) is 5.60. The van der Waals surface area contributed by atoms with Crippen molar-refractivity contribution in [2.24, 2.45) is 0 Å². The van der Waals surface area contributed by atoms with Gasteiger partial charge < -0.3 is 5.11 Å². The number of likely N-dealkylation sites (tertiary alicyclic amines) is 1. The smallest absolute Gasteiger partial charge is 0.348 e. The molecule has 1 aliphatic rings. The predicted molar refractivity (Wildman–Crippen MR) is 119 cm³/mol. The molecule has 1 atom stereocenters. The predicted octanol–water partition coefficient (Wildman–Crippen LogP) is 2.98. The Labute approximate surface area is 180 Å². The molecule has 1 saturated heterocycles. The molecule has 7 nitrogen and oxygen atoms in total. The summed E-state index contributed by atoms with van der Waals surface area (Å²) < 4.78 is 1.48. The molecule has 0 saturated carbocycles. The number of rotatable bonds is 5. The lowest BCUT2D eigenvalue weighted by Crippen LogP contribution is -2.34. The standard InChI is InChI=1S/C24H25N5O2/c30-16-18-8-6-17(7-9-18)14-28-12-2-4-20(15-28)23-26-24(31)29(27-23)22-5-1-3-19-13-25-11-10-21(19)22/h1,3,5-11,13,20,30H,2,4,12,14-16H2,(H,26,27,31). The van der Waals surface area contributed by atoms with E-state index in [1.165, 1.54) is 10.2 Å². The molecule has 0 spiro atoms. The second-order valence-electron chi connectivity index (χ2n) is 8.15. The van der Waals surface area contributed by atoms with E-state index in [9.17, 15) is 9.90 Å². The molecule has 0 radical (unpaired) electrons. The molecular weight excluding hydrogens is 390 g/mol. The fraction of sp³-hybridized carbons (Fsp3) is 0.292. The number of hydrogen-bond acceptors (Lipinski definition) is 5. The molecule has 1 fully saturated rings. The van der Waals surface area contributed by atoms with Crippen LogP contribution < -0.4 is 5.69 Å². The highest BCUT2D eigenvalue weighted by molar-refractivity contribution is 5.89. The maximum atomic E-state index is 12.8. The van der Waals surface area contributed by atoms with Crippen molar-refractivity contribution in [3.05, 3.63) is 88.4 Å². The summed E-state index contributed by atoms with van der Waals surface area (Å²) in [7, 11) is 0. The van der Waals surface area contributed by atoms with Crippen molar-refractivity contribution in [2.75, 3.05) is 13.1 Å². The first-order valence-corrected chi connectivity index (χ1v) is 10.6. The Bertz CT molecular complexity index is 1240. The van der Waals surface area contributed by atoms with Crippen molar-refractivity contribution in [3.8, 4) is 5.69 Å². The summed E-state index contributed by atoms with van der Waals surface area (Å²) in [6, 6.07) is 15.8. The molecule has 2 aromatic heterocycles. The summed E-state index contributed by atoms with van der Waals surface area (Å²) >= 11 is 0. The van der Waals surface area contributed by atoms with Crippen LogP contribution in [0, 0.1) is 0 Å². The first-order chi connectivity index (χ1) is 15.2. The van der Waals surface area contributed by atoms with Crippen molar-refractivity contribution in [2.45, 2.75) is 31.9 Å². The zero-order valence-corrected chi connectivity index (χ0v) is 17.2. The van der Waals surface area contributed by atoms with Gasteiger partial charge in [-0.15, -0.1) is 5.10 Å². The molecule has 0 amide bonds. The number of aliphatic hydroxyl groups excluding tert-OH is 1. The molecule has 3 heterocycles. The van der Waals surface area contributed by atoms with Crippen molar-refractivity contribution in [1.29, 1.82) is 0 Å². The molecule has 0 bridgehead atoms. The van der Waals surface area contributed by atoms with Crippen molar-refractivity contribution in [3.63, 3.8) is 0 Å². The van der Waals surface area contributed by atoms with Gasteiger partial charge in [-0.3, -0.25) is 14.9 Å².